The largest absolute Gasteiger partial charge is 0.480 e. The van der Waals surface area contributed by atoms with E-state index in [1.807, 2.05) is 6.92 Å². The third-order valence-electron chi connectivity index (χ3n) is 3.41. The molecule has 0 heterocycles. The molecule has 0 bridgehead atoms. The second-order valence-corrected chi connectivity index (χ2v) is 5.88. The fraction of sp³-hybridized carbons (Fsp3) is 0.500. The number of benzene rings is 1. The predicted octanol–water partition coefficient (Wildman–Crippen LogP) is 2.76. The first kappa shape index (κ1) is 14.3. The Morgan fingerprint density at radius 1 is 1.58 bits per heavy atom. The van der Waals surface area contributed by atoms with Gasteiger partial charge in [0.2, 0.25) is 0 Å². The lowest BCUT2D eigenvalue weighted by molar-refractivity contribution is -0.144. The molecule has 1 saturated carbocycles. The van der Waals surface area contributed by atoms with Crippen LogP contribution in [0.2, 0.25) is 0 Å². The van der Waals surface area contributed by atoms with Gasteiger partial charge in [0, 0.05) is 10.6 Å². The lowest BCUT2D eigenvalue weighted by Gasteiger charge is -2.30. The van der Waals surface area contributed by atoms with Gasteiger partial charge < -0.3 is 10.4 Å². The summed E-state index contributed by atoms with van der Waals surface area (Å²) in [7, 11) is 0. The van der Waals surface area contributed by atoms with Crippen molar-refractivity contribution in [2.45, 2.75) is 30.2 Å². The number of hydrogen-bond acceptors (Lipinski definition) is 3. The Kier molecular flexibility index (Phi) is 4.47. The average Bonchev–Trinajstić information content (AvgIpc) is 3.19. The van der Waals surface area contributed by atoms with Crippen LogP contribution in [0.25, 0.3) is 0 Å². The van der Waals surface area contributed by atoms with Crippen LogP contribution < -0.4 is 5.32 Å². The minimum absolute atomic E-state index is 0.186. The SMILES string of the molecule is CCNC(CSc1cccc(F)c1)(C(=O)O)C1CC1. The van der Waals surface area contributed by atoms with Gasteiger partial charge in [-0.3, -0.25) is 4.79 Å². The molecule has 1 aliphatic carbocycles. The van der Waals surface area contributed by atoms with Crippen LogP contribution in [0.4, 0.5) is 4.39 Å². The summed E-state index contributed by atoms with van der Waals surface area (Å²) in [6.07, 6.45) is 1.89. The molecule has 1 fully saturated rings. The maximum Gasteiger partial charge on any atom is 0.325 e. The summed E-state index contributed by atoms with van der Waals surface area (Å²) >= 11 is 1.39. The van der Waals surface area contributed by atoms with Gasteiger partial charge in [-0.1, -0.05) is 13.0 Å². The van der Waals surface area contributed by atoms with Crippen molar-refractivity contribution in [1.82, 2.24) is 5.32 Å². The van der Waals surface area contributed by atoms with E-state index in [-0.39, 0.29) is 11.7 Å². The summed E-state index contributed by atoms with van der Waals surface area (Å²) in [5.74, 6) is -0.489. The van der Waals surface area contributed by atoms with E-state index in [1.54, 1.807) is 12.1 Å². The molecular weight excluding hydrogens is 265 g/mol. The van der Waals surface area contributed by atoms with Crippen LogP contribution in [-0.2, 0) is 4.79 Å². The molecular formula is C14H18FNO2S. The Morgan fingerprint density at radius 3 is 2.84 bits per heavy atom. The standard InChI is InChI=1S/C14H18FNO2S/c1-2-16-14(13(17)18,10-6-7-10)9-19-12-5-3-4-11(15)8-12/h3-5,8,10,16H,2,6-7,9H2,1H3,(H,17,18). The summed E-state index contributed by atoms with van der Waals surface area (Å²) in [5.41, 5.74) is -0.883. The summed E-state index contributed by atoms with van der Waals surface area (Å²) in [4.78, 5) is 12.4. The van der Waals surface area contributed by atoms with Gasteiger partial charge >= 0.3 is 5.97 Å². The molecule has 1 aromatic rings. The Balaban J connectivity index is 2.10. The minimum atomic E-state index is -0.883. The fourth-order valence-electron chi connectivity index (χ4n) is 2.27. The van der Waals surface area contributed by atoms with Gasteiger partial charge in [-0.05, 0) is 43.5 Å². The molecule has 2 rings (SSSR count). The van der Waals surface area contributed by atoms with Crippen LogP contribution in [0.5, 0.6) is 0 Å². The number of rotatable bonds is 7. The highest BCUT2D eigenvalue weighted by Crippen LogP contribution is 2.42. The van der Waals surface area contributed by atoms with Crippen molar-refractivity contribution < 1.29 is 14.3 Å². The minimum Gasteiger partial charge on any atom is -0.480 e. The molecule has 0 spiro atoms. The quantitative estimate of drug-likeness (QED) is 0.756. The van der Waals surface area contributed by atoms with Crippen LogP contribution in [0.3, 0.4) is 0 Å². The zero-order chi connectivity index (χ0) is 13.9. The summed E-state index contributed by atoms with van der Waals surface area (Å²) in [5, 5.41) is 12.7. The molecule has 0 amide bonds. The normalized spacial score (nSPS) is 18.0. The molecule has 3 nitrogen and oxygen atoms in total. The summed E-state index contributed by atoms with van der Waals surface area (Å²) in [6, 6.07) is 6.28. The molecule has 1 aromatic carbocycles. The van der Waals surface area contributed by atoms with Gasteiger partial charge in [-0.15, -0.1) is 11.8 Å². The molecule has 1 aliphatic rings. The number of thioether (sulfide) groups is 1. The third kappa shape index (κ3) is 3.28. The highest BCUT2D eigenvalue weighted by Gasteiger charge is 2.50. The topological polar surface area (TPSA) is 49.3 Å². The highest BCUT2D eigenvalue weighted by molar-refractivity contribution is 7.99. The van der Waals surface area contributed by atoms with Crippen molar-refractivity contribution in [3.05, 3.63) is 30.1 Å². The number of carboxylic acid groups (broad SMARTS) is 1. The van der Waals surface area contributed by atoms with Gasteiger partial charge in [0.1, 0.15) is 11.4 Å². The first-order chi connectivity index (χ1) is 9.08. The molecule has 0 aromatic heterocycles. The van der Waals surface area contributed by atoms with Gasteiger partial charge in [-0.25, -0.2) is 4.39 Å². The van der Waals surface area contributed by atoms with Gasteiger partial charge in [0.05, 0.1) is 0 Å². The van der Waals surface area contributed by atoms with Crippen LogP contribution >= 0.6 is 11.8 Å². The Bertz CT molecular complexity index is 465. The van der Waals surface area contributed by atoms with Crippen molar-refractivity contribution in [3.63, 3.8) is 0 Å². The van der Waals surface area contributed by atoms with Crippen molar-refractivity contribution in [2.24, 2.45) is 5.92 Å². The van der Waals surface area contributed by atoms with E-state index in [0.29, 0.717) is 12.3 Å². The lowest BCUT2D eigenvalue weighted by Crippen LogP contribution is -2.56. The van der Waals surface area contributed by atoms with Gasteiger partial charge in [0.15, 0.2) is 0 Å². The maximum atomic E-state index is 13.1. The molecule has 5 heteroatoms. The predicted molar refractivity (Wildman–Crippen MR) is 73.9 cm³/mol. The smallest absolute Gasteiger partial charge is 0.325 e. The molecule has 2 N–H and O–H groups in total. The third-order valence-corrected chi connectivity index (χ3v) is 4.60. The Morgan fingerprint density at radius 2 is 2.32 bits per heavy atom. The first-order valence-corrected chi connectivity index (χ1v) is 7.44. The van der Waals surface area contributed by atoms with Crippen molar-refractivity contribution in [3.8, 4) is 0 Å². The molecule has 0 saturated heterocycles. The van der Waals surface area contributed by atoms with E-state index in [1.165, 1.54) is 23.9 Å². The van der Waals surface area contributed by atoms with Crippen molar-refractivity contribution in [2.75, 3.05) is 12.3 Å². The molecule has 0 aliphatic heterocycles. The lowest BCUT2D eigenvalue weighted by atomic mass is 9.96. The Hall–Kier alpha value is -1.07. The van der Waals surface area contributed by atoms with Gasteiger partial charge in [-0.2, -0.15) is 0 Å². The van der Waals surface area contributed by atoms with Crippen molar-refractivity contribution in [1.29, 1.82) is 0 Å². The van der Waals surface area contributed by atoms with Crippen LogP contribution in [0.15, 0.2) is 29.2 Å². The molecule has 0 radical (unpaired) electrons. The number of carboxylic acids is 1. The zero-order valence-corrected chi connectivity index (χ0v) is 11.7. The number of halogens is 1. The second-order valence-electron chi connectivity index (χ2n) is 4.83. The fourth-order valence-corrected chi connectivity index (χ4v) is 3.50. The van der Waals surface area contributed by atoms with E-state index in [9.17, 15) is 14.3 Å². The zero-order valence-electron chi connectivity index (χ0n) is 10.9. The summed E-state index contributed by atoms with van der Waals surface area (Å²) in [6.45, 7) is 2.53. The van der Waals surface area contributed by atoms with Gasteiger partial charge in [0.25, 0.3) is 0 Å². The second kappa shape index (κ2) is 5.92. The number of nitrogens with one attached hydrogen (secondary N) is 1. The average molecular weight is 283 g/mol. The van der Waals surface area contributed by atoms with Crippen LogP contribution in [-0.4, -0.2) is 28.9 Å². The number of hydrogen-bond donors (Lipinski definition) is 2. The molecule has 1 atom stereocenters. The van der Waals surface area contributed by atoms with E-state index in [4.69, 9.17) is 0 Å². The van der Waals surface area contributed by atoms with E-state index in [0.717, 1.165) is 17.7 Å². The maximum absolute atomic E-state index is 13.1. The first-order valence-electron chi connectivity index (χ1n) is 6.45. The highest BCUT2D eigenvalue weighted by atomic mass is 32.2. The number of likely N-dealkylation sites (N-methyl/N-ethyl adjacent to an activating group) is 1. The van der Waals surface area contributed by atoms with Crippen molar-refractivity contribution >= 4 is 17.7 Å². The van der Waals surface area contributed by atoms with Crippen LogP contribution in [0.1, 0.15) is 19.8 Å². The van der Waals surface area contributed by atoms with E-state index >= 15 is 0 Å². The number of aliphatic carboxylic acids is 1. The van der Waals surface area contributed by atoms with E-state index in [2.05, 4.69) is 5.32 Å². The number of carbonyl (C=O) groups is 1. The van der Waals surface area contributed by atoms with Crippen LogP contribution in [0, 0.1) is 11.7 Å². The van der Waals surface area contributed by atoms with E-state index < -0.39 is 11.5 Å². The molecule has 19 heavy (non-hydrogen) atoms. The molecule has 1 unspecified atom stereocenters. The summed E-state index contributed by atoms with van der Waals surface area (Å²) < 4.78 is 13.1. The Labute approximate surface area is 116 Å². The molecule has 104 valence electrons. The monoisotopic (exact) mass is 283 g/mol.